The number of nitrogens with one attached hydrogen (secondary N) is 1. The highest BCUT2D eigenvalue weighted by Crippen LogP contribution is 2.32. The minimum absolute atomic E-state index is 0.0313. The summed E-state index contributed by atoms with van der Waals surface area (Å²) in [6.45, 7) is 3.72. The highest BCUT2D eigenvalue weighted by molar-refractivity contribution is 7.13. The number of carbonyl (C=O) groups is 2. The molecule has 27 heavy (non-hydrogen) atoms. The number of hydrogen-bond donors (Lipinski definition) is 1. The van der Waals surface area contributed by atoms with Gasteiger partial charge < -0.3 is 5.32 Å². The van der Waals surface area contributed by atoms with E-state index in [-0.39, 0.29) is 12.5 Å². The van der Waals surface area contributed by atoms with Crippen LogP contribution in [0.25, 0.3) is 10.6 Å². The Labute approximate surface area is 158 Å². The van der Waals surface area contributed by atoms with Gasteiger partial charge in [0.25, 0.3) is 5.91 Å². The molecule has 2 heterocycles. The van der Waals surface area contributed by atoms with Crippen molar-refractivity contribution < 1.29 is 22.8 Å². The van der Waals surface area contributed by atoms with Crippen molar-refractivity contribution in [1.29, 1.82) is 0 Å². The summed E-state index contributed by atoms with van der Waals surface area (Å²) in [7, 11) is 0. The molecule has 0 spiro atoms. The van der Waals surface area contributed by atoms with Crippen LogP contribution in [0.5, 0.6) is 0 Å². The van der Waals surface area contributed by atoms with Gasteiger partial charge in [-0.2, -0.15) is 13.2 Å². The molecule has 2 aromatic rings. The molecule has 1 N–H and O–H groups in total. The molecule has 0 atom stereocenters. The number of thiazole rings is 1. The van der Waals surface area contributed by atoms with E-state index < -0.39 is 23.3 Å². The predicted molar refractivity (Wildman–Crippen MR) is 94.9 cm³/mol. The van der Waals surface area contributed by atoms with Gasteiger partial charge in [-0.25, -0.2) is 9.78 Å². The fourth-order valence-electron chi connectivity index (χ4n) is 3.03. The quantitative estimate of drug-likeness (QED) is 0.759. The fraction of sp³-hybridized carbons (Fsp3) is 0.389. The van der Waals surface area contributed by atoms with E-state index >= 15 is 0 Å². The number of aromatic nitrogens is 1. The number of halogens is 3. The third-order valence-corrected chi connectivity index (χ3v) is 5.72. The third kappa shape index (κ3) is 3.55. The minimum atomic E-state index is -4.39. The lowest BCUT2D eigenvalue weighted by molar-refractivity contribution is -0.137. The standard InChI is InChI=1S/C18H18F3N3O2S/c1-3-17(4-2)15(25)24(16(26)23-17)9-13-10-27-14(22-13)11-5-7-12(8-6-11)18(19,20)21/h5-8,10H,3-4,9H2,1-2H3,(H,23,26). The van der Waals surface area contributed by atoms with E-state index in [1.165, 1.54) is 23.5 Å². The average Bonchev–Trinajstić information content (AvgIpc) is 3.20. The summed E-state index contributed by atoms with van der Waals surface area (Å²) in [6, 6.07) is 4.28. The first kappa shape index (κ1) is 19.3. The van der Waals surface area contributed by atoms with Crippen molar-refractivity contribution in [2.24, 2.45) is 0 Å². The number of alkyl halides is 3. The number of amides is 3. The van der Waals surface area contributed by atoms with Crippen LogP contribution in [0.15, 0.2) is 29.6 Å². The van der Waals surface area contributed by atoms with Gasteiger partial charge in [0.2, 0.25) is 0 Å². The van der Waals surface area contributed by atoms with Crippen molar-refractivity contribution in [3.8, 4) is 10.6 Å². The summed E-state index contributed by atoms with van der Waals surface area (Å²) >= 11 is 1.25. The molecular weight excluding hydrogens is 379 g/mol. The van der Waals surface area contributed by atoms with Crippen molar-refractivity contribution in [2.75, 3.05) is 0 Å². The van der Waals surface area contributed by atoms with Crippen LogP contribution in [0.1, 0.15) is 37.9 Å². The molecule has 144 valence electrons. The van der Waals surface area contributed by atoms with E-state index in [9.17, 15) is 22.8 Å². The first-order chi connectivity index (χ1) is 12.7. The van der Waals surface area contributed by atoms with Gasteiger partial charge in [0.15, 0.2) is 0 Å². The van der Waals surface area contributed by atoms with Crippen LogP contribution in [0.4, 0.5) is 18.0 Å². The Kier molecular flexibility index (Phi) is 4.98. The van der Waals surface area contributed by atoms with Crippen LogP contribution < -0.4 is 5.32 Å². The zero-order valence-electron chi connectivity index (χ0n) is 14.8. The molecule has 1 aromatic heterocycles. The molecule has 3 rings (SSSR count). The summed E-state index contributed by atoms with van der Waals surface area (Å²) in [4.78, 5) is 30.3. The number of nitrogens with zero attached hydrogens (tertiary/aromatic N) is 2. The van der Waals surface area contributed by atoms with Gasteiger partial charge in [0.1, 0.15) is 10.5 Å². The molecule has 0 unspecified atom stereocenters. The number of carbonyl (C=O) groups excluding carboxylic acids is 2. The van der Waals surface area contributed by atoms with Gasteiger partial charge in [-0.15, -0.1) is 11.3 Å². The van der Waals surface area contributed by atoms with Crippen molar-refractivity contribution in [3.63, 3.8) is 0 Å². The van der Waals surface area contributed by atoms with E-state index in [4.69, 9.17) is 0 Å². The number of benzene rings is 1. The summed E-state index contributed by atoms with van der Waals surface area (Å²) in [6.07, 6.45) is -3.39. The molecule has 1 aromatic carbocycles. The highest BCUT2D eigenvalue weighted by atomic mass is 32.1. The predicted octanol–water partition coefficient (Wildman–Crippen LogP) is 4.44. The van der Waals surface area contributed by atoms with Gasteiger partial charge in [0, 0.05) is 10.9 Å². The second-order valence-electron chi connectivity index (χ2n) is 6.33. The zero-order chi connectivity index (χ0) is 19.8. The Balaban J connectivity index is 1.77. The molecule has 3 amide bonds. The first-order valence-corrected chi connectivity index (χ1v) is 9.34. The maximum absolute atomic E-state index is 12.7. The molecule has 1 aliphatic heterocycles. The normalized spacial score (nSPS) is 16.7. The lowest BCUT2D eigenvalue weighted by atomic mass is 9.93. The van der Waals surface area contributed by atoms with Crippen molar-refractivity contribution in [1.82, 2.24) is 15.2 Å². The summed E-state index contributed by atoms with van der Waals surface area (Å²) < 4.78 is 38.0. The number of imide groups is 1. The summed E-state index contributed by atoms with van der Waals surface area (Å²) in [5.41, 5.74) is -0.532. The van der Waals surface area contributed by atoms with E-state index in [2.05, 4.69) is 10.3 Å². The van der Waals surface area contributed by atoms with Crippen molar-refractivity contribution in [2.45, 2.75) is 44.9 Å². The van der Waals surface area contributed by atoms with Crippen LogP contribution >= 0.6 is 11.3 Å². The molecule has 0 aliphatic carbocycles. The molecule has 0 bridgehead atoms. The maximum Gasteiger partial charge on any atom is 0.416 e. The van der Waals surface area contributed by atoms with Gasteiger partial charge in [-0.1, -0.05) is 26.0 Å². The summed E-state index contributed by atoms with van der Waals surface area (Å²) in [5, 5.41) is 4.98. The lowest BCUT2D eigenvalue weighted by Crippen LogP contribution is -2.45. The minimum Gasteiger partial charge on any atom is -0.323 e. The molecule has 1 aliphatic rings. The Morgan fingerprint density at radius 2 is 1.78 bits per heavy atom. The lowest BCUT2D eigenvalue weighted by Gasteiger charge is -2.22. The van der Waals surface area contributed by atoms with E-state index in [1.54, 1.807) is 5.38 Å². The number of rotatable bonds is 5. The van der Waals surface area contributed by atoms with Crippen LogP contribution in [-0.2, 0) is 17.5 Å². The molecule has 5 nitrogen and oxygen atoms in total. The maximum atomic E-state index is 12.7. The fourth-order valence-corrected chi connectivity index (χ4v) is 3.84. The number of urea groups is 1. The van der Waals surface area contributed by atoms with Crippen molar-refractivity contribution in [3.05, 3.63) is 40.9 Å². The zero-order valence-corrected chi connectivity index (χ0v) is 15.6. The van der Waals surface area contributed by atoms with Crippen LogP contribution in [0.3, 0.4) is 0 Å². The van der Waals surface area contributed by atoms with E-state index in [0.29, 0.717) is 29.1 Å². The Morgan fingerprint density at radius 1 is 1.15 bits per heavy atom. The van der Waals surface area contributed by atoms with Gasteiger partial charge in [-0.3, -0.25) is 9.69 Å². The average molecular weight is 397 g/mol. The van der Waals surface area contributed by atoms with Gasteiger partial charge in [0.05, 0.1) is 17.8 Å². The Morgan fingerprint density at radius 3 is 2.30 bits per heavy atom. The van der Waals surface area contributed by atoms with Gasteiger partial charge in [-0.05, 0) is 25.0 Å². The van der Waals surface area contributed by atoms with Crippen LogP contribution in [0, 0.1) is 0 Å². The second-order valence-corrected chi connectivity index (χ2v) is 7.19. The largest absolute Gasteiger partial charge is 0.416 e. The molecule has 1 saturated heterocycles. The molecule has 0 saturated carbocycles. The Bertz CT molecular complexity index is 857. The van der Waals surface area contributed by atoms with Crippen molar-refractivity contribution >= 4 is 23.3 Å². The second kappa shape index (κ2) is 6.95. The SMILES string of the molecule is CCC1(CC)NC(=O)N(Cc2csc(-c3ccc(C(F)(F)F)cc3)n2)C1=O. The monoisotopic (exact) mass is 397 g/mol. The molecular formula is C18H18F3N3O2S. The third-order valence-electron chi connectivity index (χ3n) is 4.78. The molecule has 0 radical (unpaired) electrons. The van der Waals surface area contributed by atoms with E-state index in [0.717, 1.165) is 17.0 Å². The van der Waals surface area contributed by atoms with Crippen LogP contribution in [-0.4, -0.2) is 27.4 Å². The smallest absolute Gasteiger partial charge is 0.323 e. The number of hydrogen-bond acceptors (Lipinski definition) is 4. The Hall–Kier alpha value is -2.42. The molecule has 9 heteroatoms. The first-order valence-electron chi connectivity index (χ1n) is 8.46. The van der Waals surface area contributed by atoms with Gasteiger partial charge >= 0.3 is 12.2 Å². The van der Waals surface area contributed by atoms with Crippen LogP contribution in [0.2, 0.25) is 0 Å². The van der Waals surface area contributed by atoms with E-state index in [1.807, 2.05) is 13.8 Å². The molecule has 1 fully saturated rings. The highest BCUT2D eigenvalue weighted by Gasteiger charge is 2.48. The summed E-state index contributed by atoms with van der Waals surface area (Å²) in [5.74, 6) is -0.276. The topological polar surface area (TPSA) is 62.3 Å².